The predicted octanol–water partition coefficient (Wildman–Crippen LogP) is -1.24. The lowest BCUT2D eigenvalue weighted by Gasteiger charge is -2.07. The van der Waals surface area contributed by atoms with E-state index in [0.717, 1.165) is 0 Å². The van der Waals surface area contributed by atoms with Crippen LogP contribution in [0.2, 0.25) is 0 Å². The first-order chi connectivity index (χ1) is 5.71. The maximum absolute atomic E-state index is 12.4. The molecule has 0 heterocycles. The van der Waals surface area contributed by atoms with Crippen molar-refractivity contribution in [3.63, 3.8) is 0 Å². The predicted molar refractivity (Wildman–Crippen MR) is 30.8 cm³/mol. The van der Waals surface area contributed by atoms with Crippen molar-refractivity contribution in [2.24, 2.45) is 0 Å². The summed E-state index contributed by atoms with van der Waals surface area (Å²) in [5, 5.41) is 37.3. The van der Waals surface area contributed by atoms with Crippen LogP contribution in [0, 0.1) is 30.3 Å². The molecule has 0 radical (unpaired) electrons. The normalized spacial score (nSPS) is 15.0. The molecule has 0 aromatic rings. The van der Waals surface area contributed by atoms with Crippen molar-refractivity contribution in [2.75, 3.05) is 0 Å². The Labute approximate surface area is 68.0 Å². The highest BCUT2D eigenvalue weighted by molar-refractivity contribution is 4.53. The standard InChI is InChI=1S/C2H2FN3O7/c3-2(7,6(12)13)1(4(8)9)5(10)11/h1,7H. The molecule has 0 rings (SSSR count). The number of halogens is 1. The molecule has 0 amide bonds. The highest BCUT2D eigenvalue weighted by Crippen LogP contribution is 2.16. The molecule has 13 heavy (non-hydrogen) atoms. The number of alkyl halides is 1. The van der Waals surface area contributed by atoms with E-state index >= 15 is 0 Å². The van der Waals surface area contributed by atoms with Gasteiger partial charge in [0.15, 0.2) is 0 Å². The zero-order valence-electron chi connectivity index (χ0n) is 5.69. The molecule has 0 saturated heterocycles. The van der Waals surface area contributed by atoms with Gasteiger partial charge in [-0.25, -0.2) is 0 Å². The number of nitrogens with zero attached hydrogens (tertiary/aromatic N) is 3. The van der Waals surface area contributed by atoms with E-state index in [1.54, 1.807) is 0 Å². The molecule has 0 saturated carbocycles. The second-order valence-corrected chi connectivity index (χ2v) is 1.84. The maximum Gasteiger partial charge on any atom is 0.616 e. The van der Waals surface area contributed by atoms with E-state index in [9.17, 15) is 34.7 Å². The Bertz CT molecular complexity index is 248. The second kappa shape index (κ2) is 3.22. The molecule has 0 aliphatic carbocycles. The number of aliphatic hydroxyl groups is 1. The van der Waals surface area contributed by atoms with Crippen LogP contribution in [0.5, 0.6) is 0 Å². The van der Waals surface area contributed by atoms with Gasteiger partial charge in [0.1, 0.15) is 14.8 Å². The first kappa shape index (κ1) is 11.1. The Kier molecular flexibility index (Phi) is 2.75. The van der Waals surface area contributed by atoms with Gasteiger partial charge >= 0.3 is 12.1 Å². The van der Waals surface area contributed by atoms with Crippen molar-refractivity contribution < 1.29 is 24.3 Å². The summed E-state index contributed by atoms with van der Waals surface area (Å²) < 4.78 is 12.4. The van der Waals surface area contributed by atoms with E-state index in [0.29, 0.717) is 0 Å². The SMILES string of the molecule is O=[N+]([O-])C([N+](=O)[O-])C(O)(F)[N+](=O)[O-]. The Balaban J connectivity index is 5.06. The molecule has 10 nitrogen and oxygen atoms in total. The third-order valence-electron chi connectivity index (χ3n) is 0.984. The first-order valence-corrected chi connectivity index (χ1v) is 2.54. The van der Waals surface area contributed by atoms with Crippen molar-refractivity contribution in [3.05, 3.63) is 30.3 Å². The molecule has 1 unspecified atom stereocenters. The topological polar surface area (TPSA) is 150 Å². The molecule has 0 aromatic heterocycles. The average molecular weight is 199 g/mol. The molecule has 0 spiro atoms. The van der Waals surface area contributed by atoms with Gasteiger partial charge in [0, 0.05) is 0 Å². The van der Waals surface area contributed by atoms with Crippen molar-refractivity contribution >= 4 is 0 Å². The Morgan fingerprint density at radius 2 is 1.46 bits per heavy atom. The highest BCUT2D eigenvalue weighted by Gasteiger charge is 2.68. The molecule has 0 aliphatic heterocycles. The summed E-state index contributed by atoms with van der Waals surface area (Å²) in [5.74, 6) is -4.72. The van der Waals surface area contributed by atoms with Crippen LogP contribution >= 0.6 is 0 Å². The Morgan fingerprint density at radius 3 is 1.54 bits per heavy atom. The zero-order chi connectivity index (χ0) is 10.8. The Morgan fingerprint density at radius 1 is 1.15 bits per heavy atom. The molecule has 1 N–H and O–H groups in total. The molecule has 0 aromatic carbocycles. The molecule has 1 atom stereocenters. The summed E-state index contributed by atoms with van der Waals surface area (Å²) in [6, 6.07) is 0. The summed E-state index contributed by atoms with van der Waals surface area (Å²) in [6.07, 6.45) is -3.54. The monoisotopic (exact) mass is 199 g/mol. The minimum atomic E-state index is -4.72. The van der Waals surface area contributed by atoms with Crippen LogP contribution in [-0.2, 0) is 0 Å². The van der Waals surface area contributed by atoms with Gasteiger partial charge < -0.3 is 0 Å². The highest BCUT2D eigenvalue weighted by atomic mass is 19.2. The van der Waals surface area contributed by atoms with Crippen LogP contribution in [0.1, 0.15) is 0 Å². The summed E-state index contributed by atoms with van der Waals surface area (Å²) in [6.45, 7) is 0. The van der Waals surface area contributed by atoms with E-state index in [1.165, 1.54) is 0 Å². The van der Waals surface area contributed by atoms with Gasteiger partial charge in [-0.2, -0.15) is 0 Å². The lowest BCUT2D eigenvalue weighted by molar-refractivity contribution is -0.841. The van der Waals surface area contributed by atoms with Crippen LogP contribution in [0.25, 0.3) is 0 Å². The lowest BCUT2D eigenvalue weighted by atomic mass is 10.4. The summed E-state index contributed by atoms with van der Waals surface area (Å²) in [5.41, 5.74) is 0. The molecule has 0 fully saturated rings. The number of rotatable bonds is 4. The molecular formula is C2H2FN3O7. The largest absolute Gasteiger partial charge is 0.616 e. The van der Waals surface area contributed by atoms with Crippen molar-refractivity contribution in [1.82, 2.24) is 0 Å². The van der Waals surface area contributed by atoms with Gasteiger partial charge in [-0.1, -0.05) is 0 Å². The molecule has 0 aliphatic rings. The zero-order valence-corrected chi connectivity index (χ0v) is 5.69. The van der Waals surface area contributed by atoms with Crippen LogP contribution in [0.3, 0.4) is 0 Å². The molecular weight excluding hydrogens is 197 g/mol. The third-order valence-corrected chi connectivity index (χ3v) is 0.984. The van der Waals surface area contributed by atoms with E-state index in [-0.39, 0.29) is 0 Å². The number of hydrogen-bond acceptors (Lipinski definition) is 7. The maximum atomic E-state index is 12.4. The van der Waals surface area contributed by atoms with Gasteiger partial charge in [-0.3, -0.25) is 35.4 Å². The summed E-state index contributed by atoms with van der Waals surface area (Å²) in [7, 11) is 0. The smallest absolute Gasteiger partial charge is 0.290 e. The first-order valence-electron chi connectivity index (χ1n) is 2.54. The lowest BCUT2D eigenvalue weighted by Crippen LogP contribution is -2.53. The van der Waals surface area contributed by atoms with Crippen molar-refractivity contribution in [2.45, 2.75) is 12.1 Å². The number of nitro groups is 3. The van der Waals surface area contributed by atoms with Crippen molar-refractivity contribution in [3.8, 4) is 0 Å². The van der Waals surface area contributed by atoms with Gasteiger partial charge in [-0.05, 0) is 0 Å². The molecule has 0 bridgehead atoms. The van der Waals surface area contributed by atoms with Gasteiger partial charge in [0.05, 0.1) is 0 Å². The fraction of sp³-hybridized carbons (Fsp3) is 1.00. The van der Waals surface area contributed by atoms with Crippen LogP contribution < -0.4 is 0 Å². The summed E-state index contributed by atoms with van der Waals surface area (Å²) in [4.78, 5) is 23.2. The summed E-state index contributed by atoms with van der Waals surface area (Å²) >= 11 is 0. The van der Waals surface area contributed by atoms with Crippen LogP contribution in [0.4, 0.5) is 4.39 Å². The minimum absolute atomic E-state index is 1.90. The fourth-order valence-electron chi connectivity index (χ4n) is 0.440. The second-order valence-electron chi connectivity index (χ2n) is 1.84. The average Bonchev–Trinajstić information content (AvgIpc) is 1.82. The van der Waals surface area contributed by atoms with Crippen LogP contribution in [0.15, 0.2) is 0 Å². The van der Waals surface area contributed by atoms with Crippen LogP contribution in [-0.4, -0.2) is 32.0 Å². The Hall–Kier alpha value is -1.91. The number of hydrogen-bond donors (Lipinski definition) is 1. The minimum Gasteiger partial charge on any atom is -0.290 e. The molecule has 11 heteroatoms. The van der Waals surface area contributed by atoms with Gasteiger partial charge in [-0.15, -0.1) is 4.39 Å². The van der Waals surface area contributed by atoms with E-state index in [2.05, 4.69) is 0 Å². The third kappa shape index (κ3) is 2.02. The molecule has 74 valence electrons. The van der Waals surface area contributed by atoms with Gasteiger partial charge in [0.25, 0.3) is 0 Å². The van der Waals surface area contributed by atoms with E-state index < -0.39 is 26.9 Å². The quantitative estimate of drug-likeness (QED) is 0.257. The fourth-order valence-corrected chi connectivity index (χ4v) is 0.440. The van der Waals surface area contributed by atoms with Crippen molar-refractivity contribution in [1.29, 1.82) is 0 Å². The van der Waals surface area contributed by atoms with E-state index in [4.69, 9.17) is 5.11 Å². The van der Waals surface area contributed by atoms with E-state index in [1.807, 2.05) is 0 Å². The van der Waals surface area contributed by atoms with Gasteiger partial charge in [0.2, 0.25) is 0 Å².